The van der Waals surface area contributed by atoms with Gasteiger partial charge in [-0.3, -0.25) is 19.4 Å². The van der Waals surface area contributed by atoms with E-state index in [1.807, 2.05) is 0 Å². The highest BCUT2D eigenvalue weighted by molar-refractivity contribution is 6.05. The number of anilines is 2. The molecule has 7 nitrogen and oxygen atoms in total. The maximum absolute atomic E-state index is 12.3. The number of nitrogens with one attached hydrogen (secondary N) is 2. The Bertz CT molecular complexity index is 813. The highest BCUT2D eigenvalue weighted by Crippen LogP contribution is 2.29. The molecule has 2 aromatic rings. The van der Waals surface area contributed by atoms with E-state index in [0.717, 1.165) is 12.8 Å². The molecule has 3 rings (SSSR count). The molecule has 1 saturated carbocycles. The predicted octanol–water partition coefficient (Wildman–Crippen LogP) is 2.21. The van der Waals surface area contributed by atoms with E-state index in [-0.39, 0.29) is 29.9 Å². The number of rotatable bonds is 6. The van der Waals surface area contributed by atoms with Crippen molar-refractivity contribution in [3.8, 4) is 0 Å². The number of nitrogens with zero attached hydrogens (tertiary/aromatic N) is 2. The highest BCUT2D eigenvalue weighted by Gasteiger charge is 2.29. The van der Waals surface area contributed by atoms with Gasteiger partial charge in [-0.1, -0.05) is 0 Å². The van der Waals surface area contributed by atoms with Gasteiger partial charge in [0.05, 0.1) is 11.9 Å². The molecule has 1 aliphatic carbocycles. The number of amides is 2. The van der Waals surface area contributed by atoms with Crippen LogP contribution in [0.25, 0.3) is 0 Å². The second kappa shape index (κ2) is 7.21. The Morgan fingerprint density at radius 3 is 2.56 bits per heavy atom. The van der Waals surface area contributed by atoms with E-state index >= 15 is 0 Å². The number of aromatic nitrogens is 2. The van der Waals surface area contributed by atoms with Crippen LogP contribution in [0, 0.1) is 5.92 Å². The summed E-state index contributed by atoms with van der Waals surface area (Å²) in [5.41, 5.74) is 1.56. The standard InChI is InChI=1S/C18H18N4O3/c1-11(23)8-14-4-5-15(10-20-14)21-18(25)13-6-7-19-16(9-13)22-17(24)12-2-3-12/h4-7,9-10,12H,2-3,8H2,1H3,(H,21,25)(H,19,22,24). The van der Waals surface area contributed by atoms with E-state index in [1.165, 1.54) is 25.4 Å². The number of ketones is 1. The lowest BCUT2D eigenvalue weighted by Crippen LogP contribution is -2.16. The first-order valence-electron chi connectivity index (χ1n) is 8.04. The van der Waals surface area contributed by atoms with Crippen LogP contribution in [0.15, 0.2) is 36.7 Å². The van der Waals surface area contributed by atoms with Gasteiger partial charge in [0, 0.05) is 29.8 Å². The van der Waals surface area contributed by atoms with Crippen molar-refractivity contribution < 1.29 is 14.4 Å². The van der Waals surface area contributed by atoms with Crippen molar-refractivity contribution >= 4 is 29.1 Å². The maximum Gasteiger partial charge on any atom is 0.255 e. The van der Waals surface area contributed by atoms with Gasteiger partial charge in [0.2, 0.25) is 5.91 Å². The first-order chi connectivity index (χ1) is 12.0. The molecule has 7 heteroatoms. The fourth-order valence-corrected chi connectivity index (χ4v) is 2.28. The number of carbonyl (C=O) groups excluding carboxylic acids is 3. The topological polar surface area (TPSA) is 101 Å². The van der Waals surface area contributed by atoms with Gasteiger partial charge >= 0.3 is 0 Å². The number of hydrogen-bond donors (Lipinski definition) is 2. The van der Waals surface area contributed by atoms with Gasteiger partial charge in [0.1, 0.15) is 11.6 Å². The van der Waals surface area contributed by atoms with E-state index in [4.69, 9.17) is 0 Å². The lowest BCUT2D eigenvalue weighted by atomic mass is 10.2. The monoisotopic (exact) mass is 338 g/mol. The summed E-state index contributed by atoms with van der Waals surface area (Å²) in [7, 11) is 0. The summed E-state index contributed by atoms with van der Waals surface area (Å²) in [4.78, 5) is 43.4. The van der Waals surface area contributed by atoms with Gasteiger partial charge < -0.3 is 10.6 Å². The SMILES string of the molecule is CC(=O)Cc1ccc(NC(=O)c2ccnc(NC(=O)C3CC3)c2)cn1. The quantitative estimate of drug-likeness (QED) is 0.841. The molecule has 0 spiro atoms. The van der Waals surface area contributed by atoms with Gasteiger partial charge in [-0.2, -0.15) is 0 Å². The molecule has 0 radical (unpaired) electrons. The minimum atomic E-state index is -0.328. The Labute approximate surface area is 144 Å². The summed E-state index contributed by atoms with van der Waals surface area (Å²) in [6, 6.07) is 6.50. The molecule has 0 atom stereocenters. The summed E-state index contributed by atoms with van der Waals surface area (Å²) < 4.78 is 0. The molecular weight excluding hydrogens is 320 g/mol. The molecule has 1 aliphatic rings. The number of hydrogen-bond acceptors (Lipinski definition) is 5. The zero-order valence-electron chi connectivity index (χ0n) is 13.8. The molecule has 2 amide bonds. The molecular formula is C18H18N4O3. The van der Waals surface area contributed by atoms with Gasteiger partial charge in [0.25, 0.3) is 5.91 Å². The molecule has 0 unspecified atom stereocenters. The minimum Gasteiger partial charge on any atom is -0.321 e. The normalized spacial score (nSPS) is 13.2. The largest absolute Gasteiger partial charge is 0.321 e. The molecule has 0 saturated heterocycles. The Hall–Kier alpha value is -3.09. The van der Waals surface area contributed by atoms with Gasteiger partial charge in [-0.05, 0) is 44.0 Å². The maximum atomic E-state index is 12.3. The van der Waals surface area contributed by atoms with Crippen molar-refractivity contribution in [1.82, 2.24) is 9.97 Å². The average molecular weight is 338 g/mol. The van der Waals surface area contributed by atoms with E-state index in [1.54, 1.807) is 18.2 Å². The third kappa shape index (κ3) is 4.69. The Kier molecular flexibility index (Phi) is 4.83. The third-order valence-corrected chi connectivity index (χ3v) is 3.73. The second-order valence-corrected chi connectivity index (χ2v) is 6.06. The van der Waals surface area contributed by atoms with Gasteiger partial charge in [-0.25, -0.2) is 4.98 Å². The van der Waals surface area contributed by atoms with Crippen LogP contribution in [-0.4, -0.2) is 27.6 Å². The van der Waals surface area contributed by atoms with Crippen molar-refractivity contribution in [3.05, 3.63) is 47.9 Å². The van der Waals surface area contributed by atoms with Crippen molar-refractivity contribution in [2.45, 2.75) is 26.2 Å². The van der Waals surface area contributed by atoms with E-state index < -0.39 is 0 Å². The van der Waals surface area contributed by atoms with Crippen LogP contribution in [0.4, 0.5) is 11.5 Å². The summed E-state index contributed by atoms with van der Waals surface area (Å²) in [5, 5.41) is 5.44. The van der Waals surface area contributed by atoms with Crippen LogP contribution in [0.1, 0.15) is 35.8 Å². The van der Waals surface area contributed by atoms with Gasteiger partial charge in [-0.15, -0.1) is 0 Å². The molecule has 0 bridgehead atoms. The predicted molar refractivity (Wildman–Crippen MR) is 92.2 cm³/mol. The van der Waals surface area contributed by atoms with Crippen LogP contribution in [0.2, 0.25) is 0 Å². The number of Topliss-reactive ketones (excluding diaryl/α,β-unsaturated/α-hetero) is 1. The lowest BCUT2D eigenvalue weighted by molar-refractivity contribution is -0.117. The first-order valence-corrected chi connectivity index (χ1v) is 8.04. The zero-order chi connectivity index (χ0) is 17.8. The Morgan fingerprint density at radius 2 is 1.92 bits per heavy atom. The van der Waals surface area contributed by atoms with Crippen molar-refractivity contribution in [2.75, 3.05) is 10.6 Å². The second-order valence-electron chi connectivity index (χ2n) is 6.06. The van der Waals surface area contributed by atoms with E-state index in [9.17, 15) is 14.4 Å². The fourth-order valence-electron chi connectivity index (χ4n) is 2.28. The summed E-state index contributed by atoms with van der Waals surface area (Å²) >= 11 is 0. The van der Waals surface area contributed by atoms with Crippen LogP contribution in [0.3, 0.4) is 0 Å². The van der Waals surface area contributed by atoms with Crippen LogP contribution in [0.5, 0.6) is 0 Å². The van der Waals surface area contributed by atoms with Crippen LogP contribution < -0.4 is 10.6 Å². The van der Waals surface area contributed by atoms with Gasteiger partial charge in [0.15, 0.2) is 0 Å². The Balaban J connectivity index is 1.64. The third-order valence-electron chi connectivity index (χ3n) is 3.73. The fraction of sp³-hybridized carbons (Fsp3) is 0.278. The van der Waals surface area contributed by atoms with Crippen LogP contribution in [-0.2, 0) is 16.0 Å². The van der Waals surface area contributed by atoms with Crippen molar-refractivity contribution in [1.29, 1.82) is 0 Å². The smallest absolute Gasteiger partial charge is 0.255 e. The van der Waals surface area contributed by atoms with E-state index in [0.29, 0.717) is 22.8 Å². The summed E-state index contributed by atoms with van der Waals surface area (Å²) in [6.45, 7) is 1.50. The molecule has 0 aromatic carbocycles. The summed E-state index contributed by atoms with van der Waals surface area (Å²) in [6.07, 6.45) is 5.05. The lowest BCUT2D eigenvalue weighted by Gasteiger charge is -2.08. The zero-order valence-corrected chi connectivity index (χ0v) is 13.8. The molecule has 1 fully saturated rings. The first kappa shape index (κ1) is 16.8. The van der Waals surface area contributed by atoms with Crippen molar-refractivity contribution in [3.63, 3.8) is 0 Å². The van der Waals surface area contributed by atoms with Crippen LogP contribution >= 0.6 is 0 Å². The molecule has 2 heterocycles. The van der Waals surface area contributed by atoms with E-state index in [2.05, 4.69) is 20.6 Å². The molecule has 2 N–H and O–H groups in total. The average Bonchev–Trinajstić information content (AvgIpc) is 3.41. The Morgan fingerprint density at radius 1 is 1.12 bits per heavy atom. The molecule has 0 aliphatic heterocycles. The van der Waals surface area contributed by atoms with Crippen molar-refractivity contribution in [2.24, 2.45) is 5.92 Å². The number of pyridine rings is 2. The minimum absolute atomic E-state index is 0.0295. The highest BCUT2D eigenvalue weighted by atomic mass is 16.2. The molecule has 2 aromatic heterocycles. The number of carbonyl (C=O) groups is 3. The summed E-state index contributed by atoms with van der Waals surface area (Å²) in [5.74, 6) is 0.0703. The molecule has 25 heavy (non-hydrogen) atoms. The molecule has 128 valence electrons.